The maximum atomic E-state index is 11.8. The quantitative estimate of drug-likeness (QED) is 0.639. The highest BCUT2D eigenvalue weighted by Crippen LogP contribution is 2.22. The molecule has 1 rings (SSSR count). The summed E-state index contributed by atoms with van der Waals surface area (Å²) in [5, 5.41) is 8.64. The molecule has 0 bridgehead atoms. The molecule has 4 nitrogen and oxygen atoms in total. The number of nitrogens with two attached hydrogens (primary N) is 1. The Hall–Kier alpha value is -1.94. The van der Waals surface area contributed by atoms with E-state index in [9.17, 15) is 13.2 Å². The van der Waals surface area contributed by atoms with E-state index in [1.165, 1.54) is 6.07 Å². The van der Waals surface area contributed by atoms with Gasteiger partial charge in [0, 0.05) is 6.42 Å². The Kier molecular flexibility index (Phi) is 5.45. The molecule has 0 radical (unpaired) electrons. The second-order valence-corrected chi connectivity index (χ2v) is 3.73. The summed E-state index contributed by atoms with van der Waals surface area (Å²) >= 11 is 0. The Morgan fingerprint density at radius 2 is 2.00 bits per heavy atom. The van der Waals surface area contributed by atoms with Gasteiger partial charge < -0.3 is 15.2 Å². The van der Waals surface area contributed by atoms with Crippen LogP contribution in [0.2, 0.25) is 0 Å². The fourth-order valence-corrected chi connectivity index (χ4v) is 1.28. The zero-order chi connectivity index (χ0) is 14.3. The van der Waals surface area contributed by atoms with Crippen LogP contribution in [0.5, 0.6) is 5.75 Å². The van der Waals surface area contributed by atoms with Gasteiger partial charge in [0.25, 0.3) is 0 Å². The molecule has 1 aromatic carbocycles. The molecule has 0 amide bonds. The van der Waals surface area contributed by atoms with Crippen LogP contribution in [0.4, 0.5) is 18.9 Å². The van der Waals surface area contributed by atoms with Gasteiger partial charge in [-0.15, -0.1) is 0 Å². The Bertz CT molecular complexity index is 455. The van der Waals surface area contributed by atoms with Gasteiger partial charge in [-0.2, -0.15) is 18.4 Å². The van der Waals surface area contributed by atoms with E-state index in [-0.39, 0.29) is 13.2 Å². The van der Waals surface area contributed by atoms with Gasteiger partial charge in [-0.1, -0.05) is 0 Å². The molecule has 0 aromatic heterocycles. The van der Waals surface area contributed by atoms with Crippen molar-refractivity contribution in [2.24, 2.45) is 0 Å². The second kappa shape index (κ2) is 6.85. The largest absolute Gasteiger partial charge is 0.491 e. The third-order valence-electron chi connectivity index (χ3n) is 2.10. The topological polar surface area (TPSA) is 68.3 Å². The molecular weight excluding hydrogens is 261 g/mol. The van der Waals surface area contributed by atoms with Crippen molar-refractivity contribution in [2.75, 3.05) is 25.6 Å². The SMILES string of the molecule is N#Cc1ccc(OCCCOCC(F)(F)F)c(N)c1. The number of ether oxygens (including phenoxy) is 2. The van der Waals surface area contributed by atoms with Crippen molar-refractivity contribution >= 4 is 5.69 Å². The van der Waals surface area contributed by atoms with Crippen molar-refractivity contribution in [1.82, 2.24) is 0 Å². The van der Waals surface area contributed by atoms with E-state index >= 15 is 0 Å². The molecular formula is C12H13F3N2O2. The number of alkyl halides is 3. The summed E-state index contributed by atoms with van der Waals surface area (Å²) < 4.78 is 45.0. The zero-order valence-electron chi connectivity index (χ0n) is 10.0. The average molecular weight is 274 g/mol. The van der Waals surface area contributed by atoms with Crippen LogP contribution in [0, 0.1) is 11.3 Å². The van der Waals surface area contributed by atoms with Gasteiger partial charge in [0.2, 0.25) is 0 Å². The number of nitriles is 1. The molecule has 0 atom stereocenters. The minimum atomic E-state index is -4.31. The molecule has 0 saturated carbocycles. The number of anilines is 1. The lowest BCUT2D eigenvalue weighted by molar-refractivity contribution is -0.174. The fraction of sp³-hybridized carbons (Fsp3) is 0.417. The van der Waals surface area contributed by atoms with Crippen LogP contribution in [0.1, 0.15) is 12.0 Å². The average Bonchev–Trinajstić information content (AvgIpc) is 2.33. The van der Waals surface area contributed by atoms with Crippen LogP contribution in [0.25, 0.3) is 0 Å². The van der Waals surface area contributed by atoms with Crippen LogP contribution in [-0.2, 0) is 4.74 Å². The molecule has 0 aliphatic carbocycles. The molecule has 104 valence electrons. The first kappa shape index (κ1) is 15.1. The van der Waals surface area contributed by atoms with Gasteiger partial charge in [-0.05, 0) is 18.2 Å². The zero-order valence-corrected chi connectivity index (χ0v) is 10.0. The van der Waals surface area contributed by atoms with Gasteiger partial charge in [0.1, 0.15) is 12.4 Å². The van der Waals surface area contributed by atoms with Crippen LogP contribution >= 0.6 is 0 Å². The van der Waals surface area contributed by atoms with Crippen molar-refractivity contribution < 1.29 is 22.6 Å². The number of hydrogen-bond acceptors (Lipinski definition) is 4. The van der Waals surface area contributed by atoms with E-state index in [0.29, 0.717) is 23.4 Å². The molecule has 0 unspecified atom stereocenters. The first-order valence-electron chi connectivity index (χ1n) is 5.49. The number of nitrogens with zero attached hydrogens (tertiary/aromatic N) is 1. The van der Waals surface area contributed by atoms with Gasteiger partial charge in [0.15, 0.2) is 0 Å². The third kappa shape index (κ3) is 5.97. The van der Waals surface area contributed by atoms with Crippen LogP contribution in [-0.4, -0.2) is 26.0 Å². The van der Waals surface area contributed by atoms with Gasteiger partial charge in [-0.3, -0.25) is 0 Å². The van der Waals surface area contributed by atoms with E-state index < -0.39 is 12.8 Å². The summed E-state index contributed by atoms with van der Waals surface area (Å²) in [4.78, 5) is 0. The lowest BCUT2D eigenvalue weighted by Crippen LogP contribution is -2.18. The highest BCUT2D eigenvalue weighted by atomic mass is 19.4. The Balaban J connectivity index is 2.25. The predicted molar refractivity (Wildman–Crippen MR) is 62.6 cm³/mol. The summed E-state index contributed by atoms with van der Waals surface area (Å²) in [6.45, 7) is -1.12. The number of benzene rings is 1. The van der Waals surface area contributed by atoms with Crippen molar-refractivity contribution in [3.05, 3.63) is 23.8 Å². The van der Waals surface area contributed by atoms with Crippen LogP contribution in [0.3, 0.4) is 0 Å². The van der Waals surface area contributed by atoms with E-state index in [1.54, 1.807) is 12.1 Å². The standard InChI is InChI=1S/C12H13F3N2O2/c13-12(14,15)8-18-4-1-5-19-11-3-2-9(7-16)6-10(11)17/h2-3,6H,1,4-5,8,17H2. The molecule has 1 aromatic rings. The highest BCUT2D eigenvalue weighted by Gasteiger charge is 2.27. The number of rotatable bonds is 6. The van der Waals surface area contributed by atoms with Crippen molar-refractivity contribution in [1.29, 1.82) is 5.26 Å². The van der Waals surface area contributed by atoms with Crippen LogP contribution < -0.4 is 10.5 Å². The molecule has 0 heterocycles. The second-order valence-electron chi connectivity index (χ2n) is 3.73. The summed E-state index contributed by atoms with van der Waals surface area (Å²) in [7, 11) is 0. The minimum absolute atomic E-state index is 0.0459. The molecule has 0 spiro atoms. The number of hydrogen-bond donors (Lipinski definition) is 1. The molecule has 0 aliphatic heterocycles. The first-order valence-corrected chi connectivity index (χ1v) is 5.49. The molecule has 0 saturated heterocycles. The van der Waals surface area contributed by atoms with Crippen molar-refractivity contribution in [3.63, 3.8) is 0 Å². The fourth-order valence-electron chi connectivity index (χ4n) is 1.28. The minimum Gasteiger partial charge on any atom is -0.491 e. The molecule has 0 fully saturated rings. The van der Waals surface area contributed by atoms with Gasteiger partial charge in [-0.25, -0.2) is 0 Å². The van der Waals surface area contributed by atoms with E-state index in [0.717, 1.165) is 0 Å². The maximum absolute atomic E-state index is 11.8. The van der Waals surface area contributed by atoms with Gasteiger partial charge >= 0.3 is 6.18 Å². The maximum Gasteiger partial charge on any atom is 0.411 e. The summed E-state index contributed by atoms with van der Waals surface area (Å²) in [5.74, 6) is 0.398. The van der Waals surface area contributed by atoms with E-state index in [1.807, 2.05) is 6.07 Å². The van der Waals surface area contributed by atoms with Crippen LogP contribution in [0.15, 0.2) is 18.2 Å². The third-order valence-corrected chi connectivity index (χ3v) is 2.10. The lowest BCUT2D eigenvalue weighted by atomic mass is 10.2. The Morgan fingerprint density at radius 3 is 2.58 bits per heavy atom. The van der Waals surface area contributed by atoms with Crippen molar-refractivity contribution in [2.45, 2.75) is 12.6 Å². The monoisotopic (exact) mass is 274 g/mol. The molecule has 19 heavy (non-hydrogen) atoms. The normalized spacial score (nSPS) is 11.1. The lowest BCUT2D eigenvalue weighted by Gasteiger charge is -2.10. The number of nitrogen functional groups attached to an aromatic ring is 1. The van der Waals surface area contributed by atoms with E-state index in [2.05, 4.69) is 4.74 Å². The highest BCUT2D eigenvalue weighted by molar-refractivity contribution is 5.56. The van der Waals surface area contributed by atoms with Gasteiger partial charge in [0.05, 0.1) is 30.5 Å². The summed E-state index contributed by atoms with van der Waals surface area (Å²) in [6.07, 6.45) is -3.99. The summed E-state index contributed by atoms with van der Waals surface area (Å²) in [6, 6.07) is 6.49. The van der Waals surface area contributed by atoms with E-state index in [4.69, 9.17) is 15.7 Å². The predicted octanol–water partition coefficient (Wildman–Crippen LogP) is 2.49. The Morgan fingerprint density at radius 1 is 1.26 bits per heavy atom. The molecule has 2 N–H and O–H groups in total. The molecule has 0 aliphatic rings. The smallest absolute Gasteiger partial charge is 0.411 e. The van der Waals surface area contributed by atoms with Crippen molar-refractivity contribution in [3.8, 4) is 11.8 Å². The summed E-state index contributed by atoms with van der Waals surface area (Å²) in [5.41, 5.74) is 6.37. The number of halogens is 3. The molecule has 7 heteroatoms. The Labute approximate surface area is 108 Å². The first-order chi connectivity index (χ1) is 8.92.